The first-order valence-corrected chi connectivity index (χ1v) is 8.72. The van der Waals surface area contributed by atoms with Gasteiger partial charge in [0.15, 0.2) is 0 Å². The molecular formula is C19H27N3O4. The number of carboxylic acid groups (broad SMARTS) is 1. The van der Waals surface area contributed by atoms with E-state index in [0.717, 1.165) is 16.8 Å². The van der Waals surface area contributed by atoms with Gasteiger partial charge in [-0.3, -0.25) is 14.4 Å². The molecule has 0 saturated carbocycles. The van der Waals surface area contributed by atoms with E-state index in [2.05, 4.69) is 0 Å². The van der Waals surface area contributed by atoms with Crippen molar-refractivity contribution in [3.8, 4) is 0 Å². The number of carboxylic acids is 1. The molecule has 1 aromatic rings. The summed E-state index contributed by atoms with van der Waals surface area (Å²) in [5.74, 6) is -1.92. The van der Waals surface area contributed by atoms with Gasteiger partial charge in [0.25, 0.3) is 0 Å². The fraction of sp³-hybridized carbons (Fsp3) is 0.526. The minimum atomic E-state index is -1.05. The van der Waals surface area contributed by atoms with Gasteiger partial charge < -0.3 is 19.8 Å². The Morgan fingerprint density at radius 3 is 2.54 bits per heavy atom. The van der Waals surface area contributed by atoms with E-state index in [1.807, 2.05) is 51.0 Å². The summed E-state index contributed by atoms with van der Waals surface area (Å²) in [7, 11) is 3.73. The van der Waals surface area contributed by atoms with Crippen LogP contribution in [-0.2, 0) is 14.4 Å². The van der Waals surface area contributed by atoms with Crippen molar-refractivity contribution in [2.24, 2.45) is 5.92 Å². The van der Waals surface area contributed by atoms with Crippen molar-refractivity contribution in [2.45, 2.75) is 20.3 Å². The smallest absolute Gasteiger partial charge is 0.323 e. The summed E-state index contributed by atoms with van der Waals surface area (Å²) in [6, 6.07) is 5.76. The molecule has 0 bridgehead atoms. The minimum Gasteiger partial charge on any atom is -0.480 e. The molecule has 142 valence electrons. The molecule has 7 heteroatoms. The fourth-order valence-electron chi connectivity index (χ4n) is 3.14. The Labute approximate surface area is 154 Å². The molecule has 0 radical (unpaired) electrons. The van der Waals surface area contributed by atoms with Gasteiger partial charge in [-0.2, -0.15) is 0 Å². The van der Waals surface area contributed by atoms with Gasteiger partial charge >= 0.3 is 5.97 Å². The van der Waals surface area contributed by atoms with E-state index in [1.165, 1.54) is 4.90 Å². The summed E-state index contributed by atoms with van der Waals surface area (Å²) in [5, 5.41) is 9.10. The Morgan fingerprint density at radius 1 is 1.23 bits per heavy atom. The molecule has 2 amide bonds. The number of anilines is 1. The van der Waals surface area contributed by atoms with E-state index in [1.54, 1.807) is 4.90 Å². The van der Waals surface area contributed by atoms with Crippen molar-refractivity contribution in [1.29, 1.82) is 0 Å². The third-order valence-corrected chi connectivity index (χ3v) is 4.80. The minimum absolute atomic E-state index is 0.0973. The molecule has 7 nitrogen and oxygen atoms in total. The number of amides is 2. The molecule has 1 saturated heterocycles. The number of hydrogen-bond donors (Lipinski definition) is 1. The highest BCUT2D eigenvalue weighted by Gasteiger charge is 2.38. The highest BCUT2D eigenvalue weighted by Crippen LogP contribution is 2.30. The van der Waals surface area contributed by atoms with Crippen molar-refractivity contribution in [2.75, 3.05) is 45.2 Å². The molecule has 1 aromatic carbocycles. The Balaban J connectivity index is 2.15. The number of nitrogens with zero attached hydrogens (tertiary/aromatic N) is 3. The molecule has 2 rings (SSSR count). The van der Waals surface area contributed by atoms with E-state index in [0.29, 0.717) is 19.6 Å². The Kier molecular flexibility index (Phi) is 6.37. The number of rotatable bonds is 7. The average Bonchev–Trinajstić information content (AvgIpc) is 2.94. The molecule has 1 fully saturated rings. The molecule has 26 heavy (non-hydrogen) atoms. The Bertz CT molecular complexity index is 702. The van der Waals surface area contributed by atoms with Crippen LogP contribution in [0.15, 0.2) is 18.2 Å². The third kappa shape index (κ3) is 4.60. The number of carbonyl (C=O) groups is 3. The summed E-state index contributed by atoms with van der Waals surface area (Å²) in [6.45, 7) is 4.78. The topological polar surface area (TPSA) is 81.2 Å². The molecule has 0 spiro atoms. The van der Waals surface area contributed by atoms with Crippen molar-refractivity contribution in [3.05, 3.63) is 29.3 Å². The van der Waals surface area contributed by atoms with Gasteiger partial charge in [0.05, 0.1) is 5.92 Å². The summed E-state index contributed by atoms with van der Waals surface area (Å²) in [6.07, 6.45) is 0.115. The molecule has 1 atom stereocenters. The second-order valence-electron chi connectivity index (χ2n) is 7.08. The maximum absolute atomic E-state index is 12.8. The zero-order valence-corrected chi connectivity index (χ0v) is 15.9. The van der Waals surface area contributed by atoms with Crippen LogP contribution >= 0.6 is 0 Å². The van der Waals surface area contributed by atoms with Crippen molar-refractivity contribution in [1.82, 2.24) is 9.80 Å². The number of likely N-dealkylation sites (N-methyl/N-ethyl adjacent to an activating group) is 1. The molecule has 1 heterocycles. The van der Waals surface area contributed by atoms with E-state index in [4.69, 9.17) is 5.11 Å². The molecule has 0 aliphatic carbocycles. The van der Waals surface area contributed by atoms with E-state index < -0.39 is 11.9 Å². The van der Waals surface area contributed by atoms with Crippen LogP contribution in [0, 0.1) is 19.8 Å². The largest absolute Gasteiger partial charge is 0.480 e. The number of hydrogen-bond acceptors (Lipinski definition) is 4. The van der Waals surface area contributed by atoms with Crippen molar-refractivity contribution < 1.29 is 19.5 Å². The normalized spacial score (nSPS) is 17.0. The van der Waals surface area contributed by atoms with Crippen LogP contribution in [-0.4, -0.2) is 73.0 Å². The van der Waals surface area contributed by atoms with Crippen LogP contribution in [0.1, 0.15) is 17.5 Å². The highest BCUT2D eigenvalue weighted by atomic mass is 16.4. The van der Waals surface area contributed by atoms with Crippen LogP contribution < -0.4 is 4.90 Å². The summed E-state index contributed by atoms with van der Waals surface area (Å²) in [5.41, 5.74) is 2.93. The van der Waals surface area contributed by atoms with E-state index in [-0.39, 0.29) is 24.8 Å². The van der Waals surface area contributed by atoms with Crippen molar-refractivity contribution in [3.63, 3.8) is 0 Å². The summed E-state index contributed by atoms with van der Waals surface area (Å²) >= 11 is 0. The number of aliphatic carboxylic acids is 1. The van der Waals surface area contributed by atoms with Crippen LogP contribution in [0.5, 0.6) is 0 Å². The zero-order chi connectivity index (χ0) is 19.4. The quantitative estimate of drug-likeness (QED) is 0.787. The lowest BCUT2D eigenvalue weighted by molar-refractivity contribution is -0.146. The second-order valence-corrected chi connectivity index (χ2v) is 7.08. The van der Waals surface area contributed by atoms with Crippen LogP contribution in [0.2, 0.25) is 0 Å². The lowest BCUT2D eigenvalue weighted by Gasteiger charge is -2.25. The first-order valence-electron chi connectivity index (χ1n) is 8.72. The molecule has 0 aromatic heterocycles. The van der Waals surface area contributed by atoms with Crippen LogP contribution in [0.4, 0.5) is 5.69 Å². The first-order chi connectivity index (χ1) is 12.2. The molecule has 1 N–H and O–H groups in total. The van der Waals surface area contributed by atoms with Gasteiger partial charge in [-0.1, -0.05) is 12.1 Å². The summed E-state index contributed by atoms with van der Waals surface area (Å²) in [4.78, 5) is 41.3. The van der Waals surface area contributed by atoms with Crippen LogP contribution in [0.25, 0.3) is 0 Å². The van der Waals surface area contributed by atoms with E-state index >= 15 is 0 Å². The second kappa shape index (κ2) is 8.31. The average molecular weight is 361 g/mol. The van der Waals surface area contributed by atoms with Gasteiger partial charge in [0.1, 0.15) is 6.54 Å². The summed E-state index contributed by atoms with van der Waals surface area (Å²) < 4.78 is 0. The standard InChI is InChI=1S/C19H27N3O4/c1-13-6-5-7-16(14(13)2)22-11-15(10-17(22)23)19(26)21(12-18(24)25)9-8-20(3)4/h5-7,15H,8-12H2,1-4H3,(H,24,25). The SMILES string of the molecule is Cc1cccc(N2CC(C(=O)N(CCN(C)C)CC(=O)O)CC2=O)c1C. The molecule has 1 unspecified atom stereocenters. The molecule has 1 aliphatic heterocycles. The number of benzene rings is 1. The van der Waals surface area contributed by atoms with Gasteiger partial charge in [-0.25, -0.2) is 0 Å². The maximum Gasteiger partial charge on any atom is 0.323 e. The number of aryl methyl sites for hydroxylation is 1. The van der Waals surface area contributed by atoms with Gasteiger partial charge in [0, 0.05) is 31.7 Å². The van der Waals surface area contributed by atoms with Gasteiger partial charge in [0.2, 0.25) is 11.8 Å². The fourth-order valence-corrected chi connectivity index (χ4v) is 3.14. The Morgan fingerprint density at radius 2 is 1.92 bits per heavy atom. The van der Waals surface area contributed by atoms with Gasteiger partial charge in [-0.15, -0.1) is 0 Å². The van der Waals surface area contributed by atoms with Gasteiger partial charge in [-0.05, 0) is 45.1 Å². The van der Waals surface area contributed by atoms with E-state index in [9.17, 15) is 14.4 Å². The highest BCUT2D eigenvalue weighted by molar-refractivity contribution is 6.01. The number of carbonyl (C=O) groups excluding carboxylic acids is 2. The zero-order valence-electron chi connectivity index (χ0n) is 15.9. The van der Waals surface area contributed by atoms with Crippen LogP contribution in [0.3, 0.4) is 0 Å². The lowest BCUT2D eigenvalue weighted by Crippen LogP contribution is -2.43. The first kappa shape index (κ1) is 19.9. The molecule has 1 aliphatic rings. The third-order valence-electron chi connectivity index (χ3n) is 4.80. The van der Waals surface area contributed by atoms with Crippen molar-refractivity contribution >= 4 is 23.5 Å². The molecular weight excluding hydrogens is 334 g/mol. The lowest BCUT2D eigenvalue weighted by atomic mass is 10.1. The predicted octanol–water partition coefficient (Wildman–Crippen LogP) is 1.13. The monoisotopic (exact) mass is 361 g/mol. The Hall–Kier alpha value is -2.41. The predicted molar refractivity (Wildman–Crippen MR) is 99.1 cm³/mol. The maximum atomic E-state index is 12.8.